The molecule has 2 heterocycles. The van der Waals surface area contributed by atoms with Crippen LogP contribution in [0.3, 0.4) is 0 Å². The Morgan fingerprint density at radius 2 is 1.88 bits per heavy atom. The number of rotatable bonds is 6. The first-order valence-electron chi connectivity index (χ1n) is 8.56. The molecule has 6 nitrogen and oxygen atoms in total. The Morgan fingerprint density at radius 1 is 1.25 bits per heavy atom. The SMILES string of the molecule is CC(C(=O)NCc1ccc(S(=O)(=O)N2CCCC2)cc1)C1CNC1. The molecule has 0 aromatic heterocycles. The number of benzene rings is 1. The van der Waals surface area contributed by atoms with Gasteiger partial charge in [-0.1, -0.05) is 19.1 Å². The Labute approximate surface area is 143 Å². The summed E-state index contributed by atoms with van der Waals surface area (Å²) >= 11 is 0. The van der Waals surface area contributed by atoms with Crippen molar-refractivity contribution in [2.24, 2.45) is 11.8 Å². The van der Waals surface area contributed by atoms with E-state index in [2.05, 4.69) is 10.6 Å². The van der Waals surface area contributed by atoms with E-state index in [0.717, 1.165) is 31.5 Å². The number of amides is 1. The molecule has 0 saturated carbocycles. The standard InChI is InChI=1S/C17H25N3O3S/c1-13(15-11-18-12-15)17(21)19-10-14-4-6-16(7-5-14)24(22,23)20-8-2-3-9-20/h4-7,13,15,18H,2-3,8-12H2,1H3,(H,19,21). The minimum Gasteiger partial charge on any atom is -0.352 e. The second kappa shape index (κ2) is 7.21. The van der Waals surface area contributed by atoms with Crippen LogP contribution in [0.25, 0.3) is 0 Å². The van der Waals surface area contributed by atoms with Gasteiger partial charge in [0.05, 0.1) is 4.90 Å². The lowest BCUT2D eigenvalue weighted by Gasteiger charge is -2.31. The van der Waals surface area contributed by atoms with E-state index < -0.39 is 10.0 Å². The number of sulfonamides is 1. The first-order valence-corrected chi connectivity index (χ1v) is 10.00. The molecule has 1 aromatic rings. The summed E-state index contributed by atoms with van der Waals surface area (Å²) < 4.78 is 26.5. The Bertz CT molecular complexity index is 678. The van der Waals surface area contributed by atoms with Crippen molar-refractivity contribution in [2.75, 3.05) is 26.2 Å². The van der Waals surface area contributed by atoms with Crippen molar-refractivity contribution in [1.82, 2.24) is 14.9 Å². The first kappa shape index (κ1) is 17.4. The number of hydrogen-bond donors (Lipinski definition) is 2. The molecule has 0 spiro atoms. The molecule has 24 heavy (non-hydrogen) atoms. The van der Waals surface area contributed by atoms with Crippen LogP contribution < -0.4 is 10.6 Å². The molecule has 0 bridgehead atoms. The topological polar surface area (TPSA) is 78.5 Å². The number of carbonyl (C=O) groups is 1. The molecule has 0 aliphatic carbocycles. The maximum Gasteiger partial charge on any atom is 0.243 e. The molecule has 1 amide bonds. The highest BCUT2D eigenvalue weighted by Gasteiger charge is 2.29. The van der Waals surface area contributed by atoms with E-state index in [-0.39, 0.29) is 11.8 Å². The molecular weight excluding hydrogens is 326 g/mol. The van der Waals surface area contributed by atoms with Crippen LogP contribution >= 0.6 is 0 Å². The van der Waals surface area contributed by atoms with Crippen molar-refractivity contribution in [2.45, 2.75) is 31.2 Å². The molecule has 1 aromatic carbocycles. The van der Waals surface area contributed by atoms with E-state index in [1.54, 1.807) is 24.3 Å². The van der Waals surface area contributed by atoms with Gasteiger partial charge in [0.15, 0.2) is 0 Å². The van der Waals surface area contributed by atoms with E-state index in [4.69, 9.17) is 0 Å². The minimum atomic E-state index is -3.37. The minimum absolute atomic E-state index is 0.000989. The van der Waals surface area contributed by atoms with Gasteiger partial charge in [-0.2, -0.15) is 4.31 Å². The Morgan fingerprint density at radius 3 is 2.42 bits per heavy atom. The third-order valence-electron chi connectivity index (χ3n) is 5.03. The highest BCUT2D eigenvalue weighted by Crippen LogP contribution is 2.21. The molecule has 2 saturated heterocycles. The van der Waals surface area contributed by atoms with Crippen molar-refractivity contribution >= 4 is 15.9 Å². The summed E-state index contributed by atoms with van der Waals surface area (Å²) in [6.07, 6.45) is 1.86. The van der Waals surface area contributed by atoms with Gasteiger partial charge in [-0.25, -0.2) is 8.42 Å². The zero-order valence-electron chi connectivity index (χ0n) is 14.0. The third kappa shape index (κ3) is 3.63. The van der Waals surface area contributed by atoms with Crippen LogP contribution in [0.4, 0.5) is 0 Å². The summed E-state index contributed by atoms with van der Waals surface area (Å²) in [5.74, 6) is 0.467. The number of nitrogens with zero attached hydrogens (tertiary/aromatic N) is 1. The molecular formula is C17H25N3O3S. The van der Waals surface area contributed by atoms with Gasteiger partial charge in [-0.15, -0.1) is 0 Å². The van der Waals surface area contributed by atoms with Crippen molar-refractivity contribution in [1.29, 1.82) is 0 Å². The van der Waals surface area contributed by atoms with Gasteiger partial charge in [0.25, 0.3) is 0 Å². The average molecular weight is 351 g/mol. The van der Waals surface area contributed by atoms with Gasteiger partial charge < -0.3 is 10.6 Å². The van der Waals surface area contributed by atoms with E-state index in [0.29, 0.717) is 30.4 Å². The molecule has 3 rings (SSSR count). The fourth-order valence-corrected chi connectivity index (χ4v) is 4.60. The largest absolute Gasteiger partial charge is 0.352 e. The Hall–Kier alpha value is -1.44. The number of carbonyl (C=O) groups excluding carboxylic acids is 1. The van der Waals surface area contributed by atoms with Gasteiger partial charge in [-0.3, -0.25) is 4.79 Å². The van der Waals surface area contributed by atoms with Crippen molar-refractivity contribution in [3.8, 4) is 0 Å². The molecule has 132 valence electrons. The predicted octanol–water partition coefficient (Wildman–Crippen LogP) is 0.943. The summed E-state index contributed by atoms with van der Waals surface area (Å²) in [7, 11) is -3.37. The summed E-state index contributed by atoms with van der Waals surface area (Å²) in [6, 6.07) is 6.82. The van der Waals surface area contributed by atoms with Crippen LogP contribution in [0.5, 0.6) is 0 Å². The molecule has 2 aliphatic heterocycles. The van der Waals surface area contributed by atoms with Crippen LogP contribution in [0, 0.1) is 11.8 Å². The van der Waals surface area contributed by atoms with E-state index in [1.165, 1.54) is 4.31 Å². The zero-order valence-corrected chi connectivity index (χ0v) is 14.8. The maximum absolute atomic E-state index is 12.5. The maximum atomic E-state index is 12.5. The smallest absolute Gasteiger partial charge is 0.243 e. The normalized spacial score (nSPS) is 20.5. The van der Waals surface area contributed by atoms with Crippen LogP contribution in [0.15, 0.2) is 29.2 Å². The molecule has 7 heteroatoms. The highest BCUT2D eigenvalue weighted by molar-refractivity contribution is 7.89. The summed E-state index contributed by atoms with van der Waals surface area (Å²) in [5.41, 5.74) is 0.905. The lowest BCUT2D eigenvalue weighted by Crippen LogP contribution is -2.49. The third-order valence-corrected chi connectivity index (χ3v) is 6.94. The zero-order chi connectivity index (χ0) is 17.2. The first-order chi connectivity index (χ1) is 11.5. The fourth-order valence-electron chi connectivity index (χ4n) is 3.09. The predicted molar refractivity (Wildman–Crippen MR) is 91.8 cm³/mol. The van der Waals surface area contributed by atoms with E-state index in [9.17, 15) is 13.2 Å². The van der Waals surface area contributed by atoms with Gasteiger partial charge in [0.2, 0.25) is 15.9 Å². The number of nitrogens with one attached hydrogen (secondary N) is 2. The summed E-state index contributed by atoms with van der Waals surface area (Å²) in [6.45, 7) is 5.39. The fraction of sp³-hybridized carbons (Fsp3) is 0.588. The van der Waals surface area contributed by atoms with E-state index >= 15 is 0 Å². The highest BCUT2D eigenvalue weighted by atomic mass is 32.2. The lowest BCUT2D eigenvalue weighted by atomic mass is 9.88. The van der Waals surface area contributed by atoms with Gasteiger partial charge >= 0.3 is 0 Å². The second-order valence-corrected chi connectivity index (χ2v) is 8.62. The van der Waals surface area contributed by atoms with Gasteiger partial charge in [0, 0.05) is 25.6 Å². The quantitative estimate of drug-likeness (QED) is 0.800. The molecule has 1 unspecified atom stereocenters. The van der Waals surface area contributed by atoms with Crippen LogP contribution in [-0.4, -0.2) is 44.8 Å². The molecule has 2 N–H and O–H groups in total. The monoisotopic (exact) mass is 351 g/mol. The second-order valence-electron chi connectivity index (χ2n) is 6.68. The average Bonchev–Trinajstić information content (AvgIpc) is 3.06. The molecule has 1 atom stereocenters. The summed E-state index contributed by atoms with van der Waals surface area (Å²) in [5, 5.41) is 6.11. The lowest BCUT2D eigenvalue weighted by molar-refractivity contribution is -0.126. The van der Waals surface area contributed by atoms with Crippen LogP contribution in [0.2, 0.25) is 0 Å². The van der Waals surface area contributed by atoms with Crippen molar-refractivity contribution in [3.63, 3.8) is 0 Å². The summed E-state index contributed by atoms with van der Waals surface area (Å²) in [4.78, 5) is 12.4. The molecule has 0 radical (unpaired) electrons. The Balaban J connectivity index is 1.57. The van der Waals surface area contributed by atoms with Gasteiger partial charge in [-0.05, 0) is 49.5 Å². The van der Waals surface area contributed by atoms with Crippen molar-refractivity contribution < 1.29 is 13.2 Å². The van der Waals surface area contributed by atoms with Gasteiger partial charge in [0.1, 0.15) is 0 Å². The van der Waals surface area contributed by atoms with Crippen LogP contribution in [0.1, 0.15) is 25.3 Å². The van der Waals surface area contributed by atoms with E-state index in [1.807, 2.05) is 6.92 Å². The van der Waals surface area contributed by atoms with Crippen LogP contribution in [-0.2, 0) is 21.4 Å². The van der Waals surface area contributed by atoms with Crippen molar-refractivity contribution in [3.05, 3.63) is 29.8 Å². The Kier molecular flexibility index (Phi) is 5.22. The number of hydrogen-bond acceptors (Lipinski definition) is 4. The molecule has 2 fully saturated rings. The molecule has 2 aliphatic rings.